The summed E-state index contributed by atoms with van der Waals surface area (Å²) < 4.78 is 0. The summed E-state index contributed by atoms with van der Waals surface area (Å²) in [5.41, 5.74) is 2.33. The highest BCUT2D eigenvalue weighted by Gasteiger charge is 2.19. The van der Waals surface area contributed by atoms with Crippen LogP contribution in [0.4, 0.5) is 5.69 Å². The number of nitrogens with one attached hydrogen (secondary N) is 1. The number of non-ortho nitro benzene ring substituents is 1. The molecule has 0 radical (unpaired) electrons. The summed E-state index contributed by atoms with van der Waals surface area (Å²) in [6.45, 7) is 1.82. The number of nitro benzene ring substituents is 1. The van der Waals surface area contributed by atoms with Gasteiger partial charge in [-0.25, -0.2) is 0 Å². The van der Waals surface area contributed by atoms with Crippen LogP contribution in [0.15, 0.2) is 72.8 Å². The molecule has 0 unspecified atom stereocenters. The van der Waals surface area contributed by atoms with Gasteiger partial charge in [-0.15, -0.1) is 0 Å². The number of aliphatic hydroxyl groups excluding tert-OH is 1. The molecule has 0 saturated heterocycles. The zero-order valence-electron chi connectivity index (χ0n) is 16.2. The summed E-state index contributed by atoms with van der Waals surface area (Å²) in [7, 11) is 0. The number of amides is 1. The topological polar surface area (TPSA) is 110 Å². The number of nitro groups is 1. The maximum atomic E-state index is 12.8. The average Bonchev–Trinajstić information content (AvgIpc) is 2.77. The molecule has 0 heterocycles. The zero-order chi connectivity index (χ0) is 21.7. The van der Waals surface area contributed by atoms with Crippen LogP contribution in [0.5, 0.6) is 0 Å². The molecule has 152 valence electrons. The molecule has 2 N–H and O–H groups in total. The van der Waals surface area contributed by atoms with Crippen molar-refractivity contribution in [2.24, 2.45) is 0 Å². The van der Waals surface area contributed by atoms with E-state index in [-0.39, 0.29) is 29.1 Å². The highest BCUT2D eigenvalue weighted by atomic mass is 16.6. The van der Waals surface area contributed by atoms with Gasteiger partial charge in [0.25, 0.3) is 11.6 Å². The first-order valence-corrected chi connectivity index (χ1v) is 9.28. The highest BCUT2D eigenvalue weighted by Crippen LogP contribution is 2.18. The number of rotatable bonds is 7. The van der Waals surface area contributed by atoms with Gasteiger partial charge >= 0.3 is 0 Å². The van der Waals surface area contributed by atoms with Gasteiger partial charge in [0, 0.05) is 29.8 Å². The minimum atomic E-state index is -1.05. The fourth-order valence-corrected chi connectivity index (χ4v) is 2.96. The number of carbonyl (C=O) groups is 2. The van der Waals surface area contributed by atoms with Crippen LogP contribution in [0, 0.1) is 17.0 Å². The monoisotopic (exact) mass is 404 g/mol. The standard InChI is InChI=1S/C23H20N2O5/c1-15-6-8-17(9-7-15)22(27)19-4-2-3-5-20(19)23(28)24-14-21(26)16-10-12-18(13-11-16)25(29)30/h2-13,21,26H,14H2,1H3,(H,24,28)/t21-/m1/s1. The number of hydrogen-bond donors (Lipinski definition) is 2. The summed E-state index contributed by atoms with van der Waals surface area (Å²) in [4.78, 5) is 35.7. The first-order chi connectivity index (χ1) is 14.4. The van der Waals surface area contributed by atoms with E-state index >= 15 is 0 Å². The van der Waals surface area contributed by atoms with Crippen molar-refractivity contribution in [2.75, 3.05) is 6.54 Å². The van der Waals surface area contributed by atoms with Crippen molar-refractivity contribution in [1.82, 2.24) is 5.32 Å². The number of aliphatic hydroxyl groups is 1. The van der Waals surface area contributed by atoms with E-state index in [1.807, 2.05) is 19.1 Å². The Kier molecular flexibility index (Phi) is 6.34. The first-order valence-electron chi connectivity index (χ1n) is 9.28. The van der Waals surface area contributed by atoms with E-state index in [2.05, 4.69) is 5.32 Å². The van der Waals surface area contributed by atoms with Crippen LogP contribution >= 0.6 is 0 Å². The Bertz CT molecular complexity index is 1080. The van der Waals surface area contributed by atoms with Gasteiger partial charge in [-0.1, -0.05) is 48.0 Å². The third kappa shape index (κ3) is 4.76. The van der Waals surface area contributed by atoms with Crippen LogP contribution in [0.3, 0.4) is 0 Å². The van der Waals surface area contributed by atoms with Gasteiger partial charge in [0.2, 0.25) is 0 Å². The Hall–Kier alpha value is -3.84. The van der Waals surface area contributed by atoms with Crippen LogP contribution in [0.2, 0.25) is 0 Å². The number of aryl methyl sites for hydroxylation is 1. The minimum Gasteiger partial charge on any atom is -0.387 e. The lowest BCUT2D eigenvalue weighted by Gasteiger charge is -2.14. The van der Waals surface area contributed by atoms with Crippen LogP contribution in [0.25, 0.3) is 0 Å². The summed E-state index contributed by atoms with van der Waals surface area (Å²) in [6, 6.07) is 19.0. The maximum Gasteiger partial charge on any atom is 0.269 e. The van der Waals surface area contributed by atoms with Crippen molar-refractivity contribution < 1.29 is 19.6 Å². The third-order valence-electron chi connectivity index (χ3n) is 4.67. The summed E-state index contributed by atoms with van der Waals surface area (Å²) in [5.74, 6) is -0.760. The van der Waals surface area contributed by atoms with Crippen molar-refractivity contribution in [3.8, 4) is 0 Å². The number of benzene rings is 3. The molecule has 30 heavy (non-hydrogen) atoms. The Balaban J connectivity index is 1.72. The molecule has 0 aromatic heterocycles. The lowest BCUT2D eigenvalue weighted by Crippen LogP contribution is -2.29. The van der Waals surface area contributed by atoms with Crippen LogP contribution in [0.1, 0.15) is 43.5 Å². The van der Waals surface area contributed by atoms with Crippen LogP contribution in [-0.4, -0.2) is 28.3 Å². The fraction of sp³-hybridized carbons (Fsp3) is 0.130. The highest BCUT2D eigenvalue weighted by molar-refractivity contribution is 6.15. The van der Waals surface area contributed by atoms with Crippen molar-refractivity contribution in [3.63, 3.8) is 0 Å². The molecule has 0 aliphatic heterocycles. The second kappa shape index (κ2) is 9.11. The molecule has 0 spiro atoms. The maximum absolute atomic E-state index is 12.8. The molecule has 3 aromatic rings. The van der Waals surface area contributed by atoms with Gasteiger partial charge < -0.3 is 10.4 Å². The molecule has 1 atom stereocenters. The summed E-state index contributed by atoms with van der Waals surface area (Å²) in [5, 5.41) is 23.6. The smallest absolute Gasteiger partial charge is 0.269 e. The van der Waals surface area contributed by atoms with Crippen molar-refractivity contribution in [2.45, 2.75) is 13.0 Å². The molecule has 3 aromatic carbocycles. The van der Waals surface area contributed by atoms with Crippen LogP contribution in [-0.2, 0) is 0 Å². The van der Waals surface area contributed by atoms with E-state index in [0.29, 0.717) is 11.1 Å². The van der Waals surface area contributed by atoms with E-state index in [4.69, 9.17) is 0 Å². The SMILES string of the molecule is Cc1ccc(C(=O)c2ccccc2C(=O)NC[C@@H](O)c2ccc([N+](=O)[O-])cc2)cc1. The van der Waals surface area contributed by atoms with E-state index in [0.717, 1.165) is 5.56 Å². The Morgan fingerprint density at radius 1 is 0.967 bits per heavy atom. The molecular weight excluding hydrogens is 384 g/mol. The van der Waals surface area contributed by atoms with Gasteiger partial charge in [0.05, 0.1) is 16.6 Å². The number of carbonyl (C=O) groups excluding carboxylic acids is 2. The van der Waals surface area contributed by atoms with Crippen LogP contribution < -0.4 is 5.32 Å². The predicted octanol–water partition coefficient (Wildman–Crippen LogP) is 3.60. The average molecular weight is 404 g/mol. The fourth-order valence-electron chi connectivity index (χ4n) is 2.96. The molecule has 3 rings (SSSR count). The van der Waals surface area contributed by atoms with Gasteiger partial charge in [-0.3, -0.25) is 19.7 Å². The van der Waals surface area contributed by atoms with Crippen molar-refractivity contribution in [3.05, 3.63) is 111 Å². The van der Waals surface area contributed by atoms with Crippen molar-refractivity contribution in [1.29, 1.82) is 0 Å². The molecule has 0 fully saturated rings. The minimum absolute atomic E-state index is 0.0847. The van der Waals surface area contributed by atoms with Gasteiger partial charge in [-0.05, 0) is 30.7 Å². The van der Waals surface area contributed by atoms with Gasteiger partial charge in [0.15, 0.2) is 5.78 Å². The molecule has 0 saturated carbocycles. The second-order valence-corrected chi connectivity index (χ2v) is 6.82. The van der Waals surface area contributed by atoms with Gasteiger partial charge in [0.1, 0.15) is 0 Å². The number of nitrogens with zero attached hydrogens (tertiary/aromatic N) is 1. The van der Waals surface area contributed by atoms with E-state index in [9.17, 15) is 24.8 Å². The number of ketones is 1. The first kappa shape index (κ1) is 20.9. The summed E-state index contributed by atoms with van der Waals surface area (Å²) >= 11 is 0. The van der Waals surface area contributed by atoms with E-state index in [1.165, 1.54) is 24.3 Å². The predicted molar refractivity (Wildman–Crippen MR) is 111 cm³/mol. The van der Waals surface area contributed by atoms with Crippen molar-refractivity contribution >= 4 is 17.4 Å². The lowest BCUT2D eigenvalue weighted by atomic mass is 9.97. The summed E-state index contributed by atoms with van der Waals surface area (Å²) in [6.07, 6.45) is -1.05. The largest absolute Gasteiger partial charge is 0.387 e. The molecule has 0 aliphatic rings. The molecule has 7 nitrogen and oxygen atoms in total. The Labute approximate surface area is 173 Å². The van der Waals surface area contributed by atoms with E-state index < -0.39 is 16.9 Å². The Morgan fingerprint density at radius 2 is 1.57 bits per heavy atom. The lowest BCUT2D eigenvalue weighted by molar-refractivity contribution is -0.384. The molecule has 0 bridgehead atoms. The van der Waals surface area contributed by atoms with Gasteiger partial charge in [-0.2, -0.15) is 0 Å². The quantitative estimate of drug-likeness (QED) is 0.355. The second-order valence-electron chi connectivity index (χ2n) is 6.82. The molecular formula is C23H20N2O5. The Morgan fingerprint density at radius 3 is 2.17 bits per heavy atom. The normalized spacial score (nSPS) is 11.5. The molecule has 7 heteroatoms. The zero-order valence-corrected chi connectivity index (χ0v) is 16.2. The molecule has 0 aliphatic carbocycles. The number of hydrogen-bond acceptors (Lipinski definition) is 5. The van der Waals surface area contributed by atoms with E-state index in [1.54, 1.807) is 36.4 Å². The third-order valence-corrected chi connectivity index (χ3v) is 4.67. The molecule has 1 amide bonds.